The summed E-state index contributed by atoms with van der Waals surface area (Å²) < 4.78 is 6.23. The average Bonchev–Trinajstić information content (AvgIpc) is 3.42. The van der Waals surface area contributed by atoms with Gasteiger partial charge in [0.1, 0.15) is 11.4 Å². The Morgan fingerprint density at radius 2 is 1.55 bits per heavy atom. The van der Waals surface area contributed by atoms with Crippen molar-refractivity contribution >= 4 is 39.1 Å². The van der Waals surface area contributed by atoms with Crippen molar-refractivity contribution < 1.29 is 24.5 Å². The third-order valence-corrected chi connectivity index (χ3v) is 5.82. The summed E-state index contributed by atoms with van der Waals surface area (Å²) in [5, 5.41) is 9.10. The predicted octanol–water partition coefficient (Wildman–Crippen LogP) is 6.17. The summed E-state index contributed by atoms with van der Waals surface area (Å²) in [5.74, 6) is 0.897. The zero-order valence-corrected chi connectivity index (χ0v) is 18.6. The predicted molar refractivity (Wildman–Crippen MR) is 120 cm³/mol. The van der Waals surface area contributed by atoms with Crippen molar-refractivity contribution in [1.82, 2.24) is 0 Å². The Hall–Kier alpha value is -3.40. The fourth-order valence-corrected chi connectivity index (χ4v) is 4.47. The molecule has 0 fully saturated rings. The quantitative estimate of drug-likeness (QED) is 0.223. The van der Waals surface area contributed by atoms with Crippen LogP contribution in [0.4, 0.5) is 11.4 Å². The molecule has 2 aliphatic heterocycles. The molecule has 0 atom stereocenters. The summed E-state index contributed by atoms with van der Waals surface area (Å²) >= 11 is 0. The van der Waals surface area contributed by atoms with Gasteiger partial charge in [0.15, 0.2) is 5.58 Å². The summed E-state index contributed by atoms with van der Waals surface area (Å²) in [6, 6.07) is 32.2. The summed E-state index contributed by atoms with van der Waals surface area (Å²) in [7, 11) is 0. The van der Waals surface area contributed by atoms with Crippen molar-refractivity contribution in [3.05, 3.63) is 103 Å². The zero-order valence-electron chi connectivity index (χ0n) is 16.2. The van der Waals surface area contributed by atoms with Crippen LogP contribution in [0.3, 0.4) is 0 Å². The van der Waals surface area contributed by atoms with Crippen LogP contribution in [-0.2, 0) is 20.1 Å². The van der Waals surface area contributed by atoms with Gasteiger partial charge in [0.2, 0.25) is 0 Å². The zero-order chi connectivity index (χ0) is 19.7. The van der Waals surface area contributed by atoms with Gasteiger partial charge in [0, 0.05) is 36.4 Å². The molecule has 0 saturated heterocycles. The van der Waals surface area contributed by atoms with E-state index in [1.807, 2.05) is 48.1 Å². The number of fused-ring (bicyclic) bond motifs is 9. The topological polar surface area (TPSA) is 32.0 Å². The number of furan rings is 1. The summed E-state index contributed by atoms with van der Waals surface area (Å²) in [4.78, 5) is 2.11. The molecule has 1 aromatic heterocycles. The molecule has 0 amide bonds. The molecule has 2 aliphatic rings. The van der Waals surface area contributed by atoms with Crippen molar-refractivity contribution in [2.24, 2.45) is 5.10 Å². The van der Waals surface area contributed by atoms with Crippen LogP contribution in [0.2, 0.25) is 0 Å². The number of nitrogens with zero attached hydrogens (tertiary/aromatic N) is 3. The fraction of sp³-hybridized carbons (Fsp3) is 0. The van der Waals surface area contributed by atoms with Gasteiger partial charge in [0.25, 0.3) is 0 Å². The van der Waals surface area contributed by atoms with E-state index in [0.29, 0.717) is 0 Å². The van der Waals surface area contributed by atoms with Gasteiger partial charge in [-0.1, -0.05) is 65.8 Å². The molecule has 5 heteroatoms. The van der Waals surface area contributed by atoms with Crippen LogP contribution in [0.5, 0.6) is 0 Å². The molecule has 0 aliphatic carbocycles. The van der Waals surface area contributed by atoms with Crippen LogP contribution >= 0.6 is 0 Å². The van der Waals surface area contributed by atoms with Crippen molar-refractivity contribution in [1.29, 1.82) is 0 Å². The number of benzene rings is 4. The second kappa shape index (κ2) is 6.81. The molecule has 4 aromatic carbocycles. The monoisotopic (exact) mass is 578 g/mol. The molecule has 4 nitrogen and oxygen atoms in total. The van der Waals surface area contributed by atoms with Crippen LogP contribution in [-0.4, -0.2) is 5.84 Å². The smallest absolute Gasteiger partial charge is 0.157 e. The maximum atomic E-state index is 6.23. The maximum absolute atomic E-state index is 6.23. The number of anilines is 2. The SMILES string of the molecule is [Ir].[c-]1cccc2c1N1[CH-]N(c3cccc4c3oc3ccccc34)N=C1c1ccccc1-2. The minimum absolute atomic E-state index is 0. The maximum Gasteiger partial charge on any atom is 0.157 e. The van der Waals surface area contributed by atoms with E-state index < -0.39 is 0 Å². The number of hydrazone groups is 1. The van der Waals surface area contributed by atoms with E-state index in [4.69, 9.17) is 9.52 Å². The first-order valence-corrected chi connectivity index (χ1v) is 9.91. The van der Waals surface area contributed by atoms with Gasteiger partial charge in [-0.25, -0.2) is 0 Å². The number of amidine groups is 1. The minimum atomic E-state index is 0. The van der Waals surface area contributed by atoms with Gasteiger partial charge in [-0.05, 0) is 12.1 Å². The molecule has 0 spiro atoms. The van der Waals surface area contributed by atoms with E-state index >= 15 is 0 Å². The second-order valence-corrected chi connectivity index (χ2v) is 7.48. The van der Waals surface area contributed by atoms with E-state index in [2.05, 4.69) is 59.5 Å². The molecule has 3 heterocycles. The van der Waals surface area contributed by atoms with E-state index in [1.54, 1.807) is 0 Å². The Labute approximate surface area is 192 Å². The van der Waals surface area contributed by atoms with E-state index in [0.717, 1.165) is 50.3 Å². The van der Waals surface area contributed by atoms with Gasteiger partial charge < -0.3 is 14.3 Å². The second-order valence-electron chi connectivity index (χ2n) is 7.48. The Morgan fingerprint density at radius 1 is 0.774 bits per heavy atom. The van der Waals surface area contributed by atoms with Gasteiger partial charge in [-0.2, -0.15) is 29.4 Å². The van der Waals surface area contributed by atoms with Gasteiger partial charge in [-0.3, -0.25) is 0 Å². The van der Waals surface area contributed by atoms with Gasteiger partial charge in [0.05, 0.1) is 5.69 Å². The van der Waals surface area contributed by atoms with Crippen molar-refractivity contribution in [3.63, 3.8) is 0 Å². The molecule has 7 rings (SSSR count). The number of para-hydroxylation sites is 3. The average molecular weight is 578 g/mol. The summed E-state index contributed by atoms with van der Waals surface area (Å²) in [5.41, 5.74) is 7.09. The first-order valence-electron chi connectivity index (χ1n) is 9.91. The Kier molecular flexibility index (Phi) is 4.04. The van der Waals surface area contributed by atoms with Crippen LogP contribution in [0.25, 0.3) is 33.1 Å². The first kappa shape index (κ1) is 18.4. The fourth-order valence-electron chi connectivity index (χ4n) is 4.47. The molecular formula is C26H15IrN3O-2. The van der Waals surface area contributed by atoms with E-state index in [-0.39, 0.29) is 20.1 Å². The molecule has 0 N–H and O–H groups in total. The Morgan fingerprint density at radius 3 is 2.48 bits per heavy atom. The van der Waals surface area contributed by atoms with Gasteiger partial charge in [-0.15, -0.1) is 12.2 Å². The Balaban J connectivity index is 0.00000185. The molecule has 1 radical (unpaired) electrons. The molecule has 31 heavy (non-hydrogen) atoms. The number of hydrogen-bond donors (Lipinski definition) is 0. The number of rotatable bonds is 1. The standard InChI is InChI=1S/C26H15N3O.Ir/c1-2-11-21-17(8-1)18-9-3-5-13-22(18)28-16-29(27-26(21)28)23-14-7-12-20-19-10-4-6-15-24(19)30-25(20)23;/h1-12,14-16H;/q-2;. The third kappa shape index (κ3) is 2.54. The van der Waals surface area contributed by atoms with Crippen molar-refractivity contribution in [3.8, 4) is 11.1 Å². The summed E-state index contributed by atoms with van der Waals surface area (Å²) in [6.07, 6.45) is 0. The largest absolute Gasteiger partial charge is 0.476 e. The van der Waals surface area contributed by atoms with Crippen LogP contribution in [0.1, 0.15) is 5.56 Å². The molecule has 5 aromatic rings. The molecule has 0 bridgehead atoms. The minimum Gasteiger partial charge on any atom is -0.476 e. The van der Waals surface area contributed by atoms with Crippen LogP contribution in [0, 0.1) is 12.7 Å². The van der Waals surface area contributed by atoms with E-state index in [1.165, 1.54) is 5.56 Å². The first-order chi connectivity index (χ1) is 14.9. The van der Waals surface area contributed by atoms with Crippen molar-refractivity contribution in [2.75, 3.05) is 9.91 Å². The third-order valence-electron chi connectivity index (χ3n) is 5.82. The van der Waals surface area contributed by atoms with E-state index in [9.17, 15) is 0 Å². The molecular weight excluding hydrogens is 563 g/mol. The summed E-state index contributed by atoms with van der Waals surface area (Å²) in [6.45, 7) is 2.02. The van der Waals surface area contributed by atoms with Crippen LogP contribution < -0.4 is 9.91 Å². The van der Waals surface area contributed by atoms with Gasteiger partial charge >= 0.3 is 0 Å². The van der Waals surface area contributed by atoms with Crippen molar-refractivity contribution in [2.45, 2.75) is 0 Å². The normalized spacial score (nSPS) is 14.1. The molecule has 0 saturated carbocycles. The van der Waals surface area contributed by atoms with Crippen LogP contribution in [0.15, 0.2) is 94.4 Å². The Bertz CT molecular complexity index is 1500. The number of hydrogen-bond acceptors (Lipinski definition) is 4. The molecule has 0 unspecified atom stereocenters. The molecule has 151 valence electrons.